The Morgan fingerprint density at radius 3 is 2.85 bits per heavy atom. The number of nitrogens with zero attached hydrogens (tertiary/aromatic N) is 1. The van der Waals surface area contributed by atoms with Gasteiger partial charge in [0.15, 0.2) is 5.17 Å². The number of thioether (sulfide) groups is 1. The summed E-state index contributed by atoms with van der Waals surface area (Å²) in [6.45, 7) is 1.69. The first-order valence-electron chi connectivity index (χ1n) is 5.69. The highest BCUT2D eigenvalue weighted by Gasteiger charge is 2.33. The Bertz CT molecular complexity index is 597. The maximum atomic E-state index is 14.0. The Morgan fingerprint density at radius 1 is 1.50 bits per heavy atom. The molecule has 1 amide bonds. The van der Waals surface area contributed by atoms with Gasteiger partial charge in [-0.1, -0.05) is 11.8 Å². The van der Waals surface area contributed by atoms with E-state index in [0.29, 0.717) is 12.2 Å². The lowest BCUT2D eigenvalue weighted by Gasteiger charge is -2.31. The van der Waals surface area contributed by atoms with Crippen LogP contribution in [0.1, 0.15) is 18.9 Å². The Morgan fingerprint density at radius 2 is 2.20 bits per heavy atom. The topological polar surface area (TPSA) is 61.7 Å². The van der Waals surface area contributed by atoms with E-state index >= 15 is 0 Å². The third-order valence-electron chi connectivity index (χ3n) is 2.98. The van der Waals surface area contributed by atoms with Crippen LogP contribution in [0.2, 0.25) is 0 Å². The van der Waals surface area contributed by atoms with Crippen molar-refractivity contribution in [3.63, 3.8) is 0 Å². The molecule has 0 unspecified atom stereocenters. The van der Waals surface area contributed by atoms with E-state index in [1.807, 2.05) is 0 Å². The second-order valence-corrected chi connectivity index (χ2v) is 6.40. The third-order valence-corrected chi connectivity index (χ3v) is 4.46. The SMILES string of the molecule is C[C@@]1(c2cc(Br)c(F)cc2F)CCSC(NC(=O)O)=N1. The molecule has 1 aliphatic rings. The molecule has 4 nitrogen and oxygen atoms in total. The number of halogens is 3. The van der Waals surface area contributed by atoms with Gasteiger partial charge in [0, 0.05) is 17.4 Å². The predicted molar refractivity (Wildman–Crippen MR) is 77.1 cm³/mol. The molecule has 1 aromatic rings. The fraction of sp³-hybridized carbons (Fsp3) is 0.333. The average Bonchev–Trinajstić information content (AvgIpc) is 2.33. The van der Waals surface area contributed by atoms with Crippen LogP contribution < -0.4 is 5.32 Å². The number of amidine groups is 1. The highest BCUT2D eigenvalue weighted by atomic mass is 79.9. The minimum atomic E-state index is -1.22. The lowest BCUT2D eigenvalue weighted by atomic mass is 9.89. The van der Waals surface area contributed by atoms with Crippen LogP contribution in [-0.2, 0) is 5.54 Å². The molecule has 108 valence electrons. The number of carbonyl (C=O) groups is 1. The number of rotatable bonds is 1. The quantitative estimate of drug-likeness (QED) is 0.746. The van der Waals surface area contributed by atoms with Crippen LogP contribution in [0.3, 0.4) is 0 Å². The van der Waals surface area contributed by atoms with Gasteiger partial charge in [0.2, 0.25) is 0 Å². The summed E-state index contributed by atoms with van der Waals surface area (Å²) in [6, 6.07) is 2.15. The first-order chi connectivity index (χ1) is 9.32. The molecule has 1 aliphatic heterocycles. The molecule has 0 bridgehead atoms. The van der Waals surface area contributed by atoms with Crippen molar-refractivity contribution >= 4 is 39.0 Å². The average molecular weight is 365 g/mol. The summed E-state index contributed by atoms with van der Waals surface area (Å²) in [6.07, 6.45) is -0.696. The number of amides is 1. The van der Waals surface area contributed by atoms with Crippen LogP contribution in [0, 0.1) is 11.6 Å². The molecule has 20 heavy (non-hydrogen) atoms. The summed E-state index contributed by atoms with van der Waals surface area (Å²) in [5.74, 6) is -0.796. The van der Waals surface area contributed by atoms with Crippen LogP contribution >= 0.6 is 27.7 Å². The minimum absolute atomic E-state index is 0.149. The molecule has 1 atom stereocenters. The normalized spacial score (nSPS) is 22.3. The number of hydrogen-bond donors (Lipinski definition) is 2. The first kappa shape index (κ1) is 15.2. The van der Waals surface area contributed by atoms with Gasteiger partial charge in [0.05, 0.1) is 10.0 Å². The van der Waals surface area contributed by atoms with E-state index in [1.165, 1.54) is 17.8 Å². The van der Waals surface area contributed by atoms with Gasteiger partial charge in [-0.3, -0.25) is 10.3 Å². The smallest absolute Gasteiger partial charge is 0.410 e. The molecular formula is C12H11BrF2N2O2S. The van der Waals surface area contributed by atoms with E-state index in [2.05, 4.69) is 26.2 Å². The number of hydrogen-bond acceptors (Lipinski definition) is 3. The monoisotopic (exact) mass is 364 g/mol. The van der Waals surface area contributed by atoms with Crippen molar-refractivity contribution in [3.05, 3.63) is 33.8 Å². The lowest BCUT2D eigenvalue weighted by molar-refractivity contribution is 0.200. The Kier molecular flexibility index (Phi) is 4.33. The molecule has 0 radical (unpaired) electrons. The molecule has 0 fully saturated rings. The molecule has 0 aliphatic carbocycles. The fourth-order valence-corrected chi connectivity index (χ4v) is 3.41. The van der Waals surface area contributed by atoms with Crippen LogP contribution in [0.5, 0.6) is 0 Å². The Labute approximate surface area is 126 Å². The van der Waals surface area contributed by atoms with Crippen LogP contribution in [-0.4, -0.2) is 22.1 Å². The zero-order valence-corrected chi connectivity index (χ0v) is 12.8. The van der Waals surface area contributed by atoms with Gasteiger partial charge >= 0.3 is 6.09 Å². The molecule has 1 heterocycles. The fourth-order valence-electron chi connectivity index (χ4n) is 1.94. The van der Waals surface area contributed by atoms with Gasteiger partial charge in [-0.2, -0.15) is 0 Å². The molecule has 0 saturated heterocycles. The second kappa shape index (κ2) is 5.69. The van der Waals surface area contributed by atoms with Crippen molar-refractivity contribution in [1.82, 2.24) is 5.32 Å². The molecule has 2 N–H and O–H groups in total. The molecule has 0 spiro atoms. The summed E-state index contributed by atoms with van der Waals surface area (Å²) >= 11 is 4.27. The van der Waals surface area contributed by atoms with Gasteiger partial charge in [0.1, 0.15) is 11.6 Å². The van der Waals surface area contributed by atoms with Crippen LogP contribution in [0.15, 0.2) is 21.6 Å². The van der Waals surface area contributed by atoms with Crippen LogP contribution in [0.25, 0.3) is 0 Å². The first-order valence-corrected chi connectivity index (χ1v) is 7.47. The van der Waals surface area contributed by atoms with E-state index in [1.54, 1.807) is 6.92 Å². The van der Waals surface area contributed by atoms with Gasteiger partial charge < -0.3 is 5.11 Å². The van der Waals surface area contributed by atoms with E-state index in [4.69, 9.17) is 5.11 Å². The lowest BCUT2D eigenvalue weighted by Crippen LogP contribution is -2.35. The minimum Gasteiger partial charge on any atom is -0.465 e. The molecule has 1 aromatic carbocycles. The van der Waals surface area contributed by atoms with E-state index in [9.17, 15) is 13.6 Å². The van der Waals surface area contributed by atoms with Crippen molar-refractivity contribution in [2.24, 2.45) is 4.99 Å². The molecule has 8 heteroatoms. The van der Waals surface area contributed by atoms with Crippen molar-refractivity contribution in [2.75, 3.05) is 5.75 Å². The molecule has 0 aromatic heterocycles. The highest BCUT2D eigenvalue weighted by molar-refractivity contribution is 9.10. The zero-order chi connectivity index (χ0) is 14.9. The predicted octanol–water partition coefficient (Wildman–Crippen LogP) is 3.70. The van der Waals surface area contributed by atoms with E-state index < -0.39 is 23.3 Å². The zero-order valence-electron chi connectivity index (χ0n) is 10.4. The molecule has 2 rings (SSSR count). The number of benzene rings is 1. The van der Waals surface area contributed by atoms with Crippen molar-refractivity contribution in [1.29, 1.82) is 0 Å². The number of nitrogens with one attached hydrogen (secondary N) is 1. The highest BCUT2D eigenvalue weighted by Crippen LogP contribution is 2.38. The summed E-state index contributed by atoms with van der Waals surface area (Å²) in [5.41, 5.74) is -0.695. The van der Waals surface area contributed by atoms with Crippen LogP contribution in [0.4, 0.5) is 13.6 Å². The standard InChI is InChI=1S/C12H11BrF2N2O2S/c1-12(2-3-20-10(17-12)16-11(18)19)6-4-7(13)9(15)5-8(6)14/h4-5H,2-3H2,1H3,(H,16,17)(H,18,19)/t12-/m0/s1. The van der Waals surface area contributed by atoms with E-state index in [-0.39, 0.29) is 15.2 Å². The number of carboxylic acid groups (broad SMARTS) is 1. The van der Waals surface area contributed by atoms with Crippen molar-refractivity contribution in [3.8, 4) is 0 Å². The third kappa shape index (κ3) is 3.12. The Balaban J connectivity index is 2.44. The maximum absolute atomic E-state index is 14.0. The molecular weight excluding hydrogens is 354 g/mol. The van der Waals surface area contributed by atoms with Gasteiger partial charge in [0.25, 0.3) is 0 Å². The largest absolute Gasteiger partial charge is 0.465 e. The van der Waals surface area contributed by atoms with E-state index in [0.717, 1.165) is 6.07 Å². The van der Waals surface area contributed by atoms with Gasteiger partial charge in [-0.25, -0.2) is 13.6 Å². The molecule has 0 saturated carbocycles. The second-order valence-electron chi connectivity index (χ2n) is 4.47. The van der Waals surface area contributed by atoms with Crippen molar-refractivity contribution < 1.29 is 18.7 Å². The maximum Gasteiger partial charge on any atom is 0.410 e. The summed E-state index contributed by atoms with van der Waals surface area (Å²) in [4.78, 5) is 14.9. The van der Waals surface area contributed by atoms with Crippen molar-refractivity contribution in [2.45, 2.75) is 18.9 Å². The Hall–Kier alpha value is -1.15. The summed E-state index contributed by atoms with van der Waals surface area (Å²) < 4.78 is 27.4. The van der Waals surface area contributed by atoms with Gasteiger partial charge in [-0.15, -0.1) is 0 Å². The summed E-state index contributed by atoms with van der Waals surface area (Å²) in [5, 5.41) is 11.1. The van der Waals surface area contributed by atoms with Gasteiger partial charge in [-0.05, 0) is 35.3 Å². The number of aliphatic imine (C=N–C) groups is 1. The summed E-state index contributed by atoms with van der Waals surface area (Å²) in [7, 11) is 0.